The summed E-state index contributed by atoms with van der Waals surface area (Å²) in [6.45, 7) is 4.18. The Morgan fingerprint density at radius 2 is 1.42 bits per heavy atom. The van der Waals surface area contributed by atoms with Gasteiger partial charge in [-0.2, -0.15) is 0 Å². The minimum absolute atomic E-state index is 0.0624. The Hall–Kier alpha value is -6.46. The van der Waals surface area contributed by atoms with E-state index in [1.807, 2.05) is 73.8 Å². The molecule has 0 aliphatic heterocycles. The van der Waals surface area contributed by atoms with Gasteiger partial charge in [0, 0.05) is 29.0 Å². The Balaban J connectivity index is 0.977. The first-order valence-corrected chi connectivity index (χ1v) is 17.8. The van der Waals surface area contributed by atoms with Gasteiger partial charge in [0.05, 0.1) is 17.1 Å². The van der Waals surface area contributed by atoms with Gasteiger partial charge in [0.25, 0.3) is 0 Å². The van der Waals surface area contributed by atoms with Crippen LogP contribution in [-0.2, 0) is 0 Å². The first kappa shape index (κ1) is 32.7. The van der Waals surface area contributed by atoms with E-state index in [-0.39, 0.29) is 12.0 Å². The number of H-pyrrole nitrogens is 1. The molecule has 2 heterocycles. The van der Waals surface area contributed by atoms with Crippen LogP contribution in [0.4, 0.5) is 0 Å². The molecule has 5 heteroatoms. The Morgan fingerprint density at radius 1 is 0.731 bits per heavy atom. The topological polar surface area (TPSA) is 66.3 Å². The molecule has 5 nitrogen and oxygen atoms in total. The lowest BCUT2D eigenvalue weighted by molar-refractivity contribution is 0.818. The van der Waals surface area contributed by atoms with Gasteiger partial charge >= 0.3 is 0 Å². The maximum atomic E-state index is 5.13. The average Bonchev–Trinajstić information content (AvgIpc) is 3.65. The number of benzene rings is 5. The zero-order valence-electron chi connectivity index (χ0n) is 29.3. The van der Waals surface area contributed by atoms with Crippen molar-refractivity contribution in [1.29, 1.82) is 0 Å². The summed E-state index contributed by atoms with van der Waals surface area (Å²) in [5.41, 5.74) is 13.0. The monoisotopic (exact) mass is 673 g/mol. The molecular formula is C47H39N5. The number of nitrogens with zero attached hydrogens (tertiary/aromatic N) is 4. The molecule has 0 saturated heterocycles. The van der Waals surface area contributed by atoms with Gasteiger partial charge in [-0.15, -0.1) is 0 Å². The van der Waals surface area contributed by atoms with E-state index in [0.717, 1.165) is 68.3 Å². The highest BCUT2D eigenvalue weighted by Crippen LogP contribution is 2.35. The fourth-order valence-electron chi connectivity index (χ4n) is 6.73. The second-order valence-electron chi connectivity index (χ2n) is 13.2. The molecule has 5 aromatic carbocycles. The molecule has 0 fully saturated rings. The summed E-state index contributed by atoms with van der Waals surface area (Å²) in [5.74, 6) is 1.78. The molecule has 2 atom stereocenters. The average molecular weight is 674 g/mol. The maximum absolute atomic E-state index is 5.13. The Morgan fingerprint density at radius 3 is 2.13 bits per heavy atom. The minimum atomic E-state index is -0.0624. The van der Waals surface area contributed by atoms with Gasteiger partial charge in [-0.1, -0.05) is 146 Å². The molecule has 1 aliphatic carbocycles. The van der Waals surface area contributed by atoms with Crippen LogP contribution in [0.2, 0.25) is 0 Å². The fourth-order valence-corrected chi connectivity index (χ4v) is 6.73. The normalized spacial score (nSPS) is 15.4. The van der Waals surface area contributed by atoms with Crippen LogP contribution in [-0.4, -0.2) is 26.5 Å². The molecule has 0 spiro atoms. The third-order valence-electron chi connectivity index (χ3n) is 9.70. The Kier molecular flexibility index (Phi) is 9.31. The van der Waals surface area contributed by atoms with Crippen molar-refractivity contribution in [3.05, 3.63) is 198 Å². The number of aromatic amines is 1. The minimum Gasteiger partial charge on any atom is -0.337 e. The van der Waals surface area contributed by atoms with Crippen LogP contribution in [0.5, 0.6) is 0 Å². The lowest BCUT2D eigenvalue weighted by Gasteiger charge is -2.20. The zero-order valence-corrected chi connectivity index (χ0v) is 29.3. The van der Waals surface area contributed by atoms with Gasteiger partial charge in [0.2, 0.25) is 0 Å². The largest absolute Gasteiger partial charge is 0.337 e. The zero-order chi connectivity index (χ0) is 35.3. The summed E-state index contributed by atoms with van der Waals surface area (Å²) in [5, 5.41) is 0. The molecule has 0 amide bonds. The van der Waals surface area contributed by atoms with E-state index in [9.17, 15) is 0 Å². The van der Waals surface area contributed by atoms with Crippen molar-refractivity contribution in [3.63, 3.8) is 0 Å². The van der Waals surface area contributed by atoms with E-state index in [1.54, 1.807) is 0 Å². The van der Waals surface area contributed by atoms with Crippen molar-refractivity contribution in [1.82, 2.24) is 15.0 Å². The summed E-state index contributed by atoms with van der Waals surface area (Å²) < 4.78 is 0. The maximum Gasteiger partial charge on any atom is 0.157 e. The number of hydrogen-bond donors (Lipinski definition) is 1. The van der Waals surface area contributed by atoms with Crippen molar-refractivity contribution < 1.29 is 0 Å². The predicted molar refractivity (Wildman–Crippen MR) is 216 cm³/mol. The number of imidazole rings is 1. The summed E-state index contributed by atoms with van der Waals surface area (Å²) >= 11 is 0. The lowest BCUT2D eigenvalue weighted by Crippen LogP contribution is -2.06. The molecular weight excluding hydrogens is 635 g/mol. The third kappa shape index (κ3) is 7.21. The summed E-state index contributed by atoms with van der Waals surface area (Å²) in [7, 11) is 0. The molecule has 1 aliphatic rings. The molecule has 252 valence electrons. The molecule has 2 aromatic heterocycles. The summed E-state index contributed by atoms with van der Waals surface area (Å²) in [4.78, 5) is 23.2. The SMILES string of the molecule is CC(=NC(=N[C@H](C)c1ccc(C2=CC=CC(c3ccc4nc(-c5ccc(-c6ccccc6)cn5)[nH]c4c3)C2)cc1)c1ccccc1)c1ccccc1. The molecule has 0 bridgehead atoms. The third-order valence-corrected chi connectivity index (χ3v) is 9.70. The highest BCUT2D eigenvalue weighted by atomic mass is 15.0. The van der Waals surface area contributed by atoms with Crippen molar-refractivity contribution in [2.24, 2.45) is 9.98 Å². The molecule has 0 radical (unpaired) electrons. The second kappa shape index (κ2) is 14.8. The first-order valence-electron chi connectivity index (χ1n) is 17.8. The number of aliphatic imine (C=N–C) groups is 2. The van der Waals surface area contributed by atoms with Crippen LogP contribution in [0, 0.1) is 0 Å². The molecule has 1 N–H and O–H groups in total. The van der Waals surface area contributed by atoms with Crippen molar-refractivity contribution in [2.75, 3.05) is 0 Å². The van der Waals surface area contributed by atoms with Gasteiger partial charge in [0.15, 0.2) is 11.7 Å². The van der Waals surface area contributed by atoms with Gasteiger partial charge < -0.3 is 4.98 Å². The van der Waals surface area contributed by atoms with Gasteiger partial charge in [-0.05, 0) is 71.9 Å². The standard InChI is InChI=1S/C47H39N5/c1-32(34-13-6-3-7-14-34)49-46(38-17-10-5-11-18-38)50-33(2)35-21-23-37(24-22-35)39-19-12-20-40(29-39)41-25-27-43-45(30-41)52-47(51-43)44-28-26-42(31-48-44)36-15-8-4-9-16-36/h3-28,30-31,33,40H,29H2,1-2H3,(H,51,52)/t33-,40?/m1/s1. The smallest absolute Gasteiger partial charge is 0.157 e. The van der Waals surface area contributed by atoms with Crippen LogP contribution in [0.25, 0.3) is 39.3 Å². The number of aromatic nitrogens is 3. The van der Waals surface area contributed by atoms with E-state index >= 15 is 0 Å². The van der Waals surface area contributed by atoms with Crippen molar-refractivity contribution in [2.45, 2.75) is 32.2 Å². The number of allylic oxidation sites excluding steroid dienone is 4. The Labute approximate surface area is 304 Å². The number of pyridine rings is 1. The highest BCUT2D eigenvalue weighted by molar-refractivity contribution is 6.11. The van der Waals surface area contributed by atoms with Gasteiger partial charge in [-0.3, -0.25) is 9.98 Å². The molecule has 1 unspecified atom stereocenters. The number of rotatable bonds is 8. The van der Waals surface area contributed by atoms with Crippen LogP contribution < -0.4 is 0 Å². The molecule has 8 rings (SSSR count). The van der Waals surface area contributed by atoms with Gasteiger partial charge in [0.1, 0.15) is 5.69 Å². The van der Waals surface area contributed by atoms with E-state index in [1.165, 1.54) is 16.7 Å². The first-order chi connectivity index (χ1) is 25.6. The highest BCUT2D eigenvalue weighted by Gasteiger charge is 2.18. The molecule has 52 heavy (non-hydrogen) atoms. The van der Waals surface area contributed by atoms with E-state index in [2.05, 4.69) is 115 Å². The van der Waals surface area contributed by atoms with Crippen molar-refractivity contribution >= 4 is 28.2 Å². The van der Waals surface area contributed by atoms with Crippen LogP contribution in [0.15, 0.2) is 180 Å². The summed E-state index contributed by atoms with van der Waals surface area (Å²) in [6.07, 6.45) is 9.54. The molecule has 0 saturated carbocycles. The van der Waals surface area contributed by atoms with E-state index in [0.29, 0.717) is 0 Å². The number of hydrogen-bond acceptors (Lipinski definition) is 3. The van der Waals surface area contributed by atoms with Crippen molar-refractivity contribution in [3.8, 4) is 22.6 Å². The van der Waals surface area contributed by atoms with E-state index in [4.69, 9.17) is 20.0 Å². The number of nitrogens with one attached hydrogen (secondary N) is 1. The van der Waals surface area contributed by atoms with Crippen LogP contribution >= 0.6 is 0 Å². The van der Waals surface area contributed by atoms with Gasteiger partial charge in [-0.25, -0.2) is 9.98 Å². The molecule has 7 aromatic rings. The van der Waals surface area contributed by atoms with E-state index < -0.39 is 0 Å². The predicted octanol–water partition coefficient (Wildman–Crippen LogP) is 11.4. The lowest BCUT2D eigenvalue weighted by atomic mass is 9.85. The van der Waals surface area contributed by atoms with Crippen LogP contribution in [0.3, 0.4) is 0 Å². The second-order valence-corrected chi connectivity index (χ2v) is 13.2. The quantitative estimate of drug-likeness (QED) is 0.129. The Bertz CT molecular complexity index is 2420. The summed E-state index contributed by atoms with van der Waals surface area (Å²) in [6, 6.07) is 50.3. The number of amidine groups is 1. The van der Waals surface area contributed by atoms with Crippen LogP contribution in [0.1, 0.15) is 60.0 Å². The fraction of sp³-hybridized carbons (Fsp3) is 0.106. The number of fused-ring (bicyclic) bond motifs is 1.